The van der Waals surface area contributed by atoms with Crippen molar-refractivity contribution in [3.8, 4) is 0 Å². The van der Waals surface area contributed by atoms with Crippen molar-refractivity contribution in [2.45, 2.75) is 0 Å². The number of nitrogens with zero attached hydrogens (tertiary/aromatic N) is 4. The summed E-state index contributed by atoms with van der Waals surface area (Å²) in [5, 5.41) is 8.26. The summed E-state index contributed by atoms with van der Waals surface area (Å²) in [6, 6.07) is 7.57. The van der Waals surface area contributed by atoms with E-state index in [9.17, 15) is 0 Å². The van der Waals surface area contributed by atoms with Crippen LogP contribution >= 0.6 is 18.6 Å². The molecule has 2 aromatic heterocycles. The predicted molar refractivity (Wildman–Crippen MR) is 64.5 cm³/mol. The molecule has 0 aliphatic rings. The summed E-state index contributed by atoms with van der Waals surface area (Å²) in [4.78, 5) is 3.92. The number of rotatable bonds is 3. The number of hydrogen-bond acceptors (Lipinski definition) is 3. The van der Waals surface area contributed by atoms with E-state index in [0.29, 0.717) is 0 Å². The van der Waals surface area contributed by atoms with Gasteiger partial charge in [-0.3, -0.25) is 0 Å². The zero-order valence-electron chi connectivity index (χ0n) is 8.16. The molecule has 2 rings (SSSR count). The van der Waals surface area contributed by atoms with Gasteiger partial charge < -0.3 is 0 Å². The molecule has 0 unspecified atom stereocenters. The third kappa shape index (κ3) is 3.44. The minimum atomic E-state index is 0.0483. The normalized spacial score (nSPS) is 11.1. The molecule has 0 spiro atoms. The van der Waals surface area contributed by atoms with Gasteiger partial charge in [-0.1, -0.05) is 0 Å². The van der Waals surface area contributed by atoms with E-state index in [-0.39, 0.29) is 17.5 Å². The van der Waals surface area contributed by atoms with Gasteiger partial charge in [0.1, 0.15) is 0 Å². The van der Waals surface area contributed by atoms with Gasteiger partial charge >= 0.3 is 115 Å². The van der Waals surface area contributed by atoms with Crippen LogP contribution in [0, 0.1) is 0 Å². The van der Waals surface area contributed by atoms with Crippen LogP contribution in [0.5, 0.6) is 0 Å². The van der Waals surface area contributed by atoms with Crippen molar-refractivity contribution in [2.24, 2.45) is 10.2 Å². The van der Waals surface area contributed by atoms with E-state index in [1.54, 1.807) is 12.4 Å². The second kappa shape index (κ2) is 6.18. The van der Waals surface area contributed by atoms with Gasteiger partial charge in [-0.15, -0.1) is 0 Å². The first kappa shape index (κ1) is 11.8. The molecule has 0 aromatic carbocycles. The molecule has 6 heteroatoms. The molecule has 2 aromatic rings. The van der Waals surface area contributed by atoms with Crippen molar-refractivity contribution in [2.75, 3.05) is 0 Å². The zero-order valence-corrected chi connectivity index (χ0v) is 12.5. The Kier molecular flexibility index (Phi) is 4.57. The van der Waals surface area contributed by atoms with Gasteiger partial charge in [-0.2, -0.15) is 0 Å². The van der Waals surface area contributed by atoms with Gasteiger partial charge in [0, 0.05) is 0 Å². The Morgan fingerprint density at radius 3 is 2.12 bits per heavy atom. The standard InChI is InChI=1S/C10H8I2N4/c11-12-16-7-3-10(4-8-16)15-14-9-1-5-13-6-2-9/h1-8H. The third-order valence-corrected chi connectivity index (χ3v) is 5.68. The van der Waals surface area contributed by atoms with E-state index in [4.69, 9.17) is 0 Å². The van der Waals surface area contributed by atoms with E-state index in [2.05, 4.69) is 36.6 Å². The third-order valence-electron chi connectivity index (χ3n) is 1.79. The Balaban J connectivity index is 2.12. The number of aromatic nitrogens is 2. The number of halogens is 2. The summed E-state index contributed by atoms with van der Waals surface area (Å²) >= 11 is 2.46. The Morgan fingerprint density at radius 1 is 1.00 bits per heavy atom. The molecule has 0 amide bonds. The zero-order chi connectivity index (χ0) is 11.2. The molecule has 0 aliphatic carbocycles. The average molecular weight is 438 g/mol. The molecule has 4 nitrogen and oxygen atoms in total. The van der Waals surface area contributed by atoms with Gasteiger partial charge in [0.25, 0.3) is 0 Å². The topological polar surface area (TPSA) is 41.5 Å². The molecule has 16 heavy (non-hydrogen) atoms. The monoisotopic (exact) mass is 438 g/mol. The maximum atomic E-state index is 4.15. The van der Waals surface area contributed by atoms with Crippen LogP contribution in [0.4, 0.5) is 11.4 Å². The molecule has 0 bridgehead atoms. The minimum absolute atomic E-state index is 0.0483. The van der Waals surface area contributed by atoms with Crippen LogP contribution in [0.25, 0.3) is 0 Å². The van der Waals surface area contributed by atoms with E-state index in [1.807, 2.05) is 36.7 Å². The van der Waals surface area contributed by atoms with E-state index >= 15 is 0 Å². The van der Waals surface area contributed by atoms with Gasteiger partial charge in [-0.05, 0) is 0 Å². The first-order valence-electron chi connectivity index (χ1n) is 4.48. The predicted octanol–water partition coefficient (Wildman–Crippen LogP) is -0.0134. The summed E-state index contributed by atoms with van der Waals surface area (Å²) in [5.41, 5.74) is 1.68. The summed E-state index contributed by atoms with van der Waals surface area (Å²) in [7, 11) is 0. The molecule has 0 aliphatic heterocycles. The first-order chi connectivity index (χ1) is 7.88. The average Bonchev–Trinajstić information content (AvgIpc) is 2.38. The van der Waals surface area contributed by atoms with Gasteiger partial charge in [0.15, 0.2) is 0 Å². The fourth-order valence-electron chi connectivity index (χ4n) is 1.04. The van der Waals surface area contributed by atoms with Crippen LogP contribution in [-0.4, -0.2) is 4.98 Å². The molecule has 0 radical (unpaired) electrons. The van der Waals surface area contributed by atoms with E-state index < -0.39 is 0 Å². The van der Waals surface area contributed by atoms with E-state index in [1.165, 1.54) is 0 Å². The van der Waals surface area contributed by atoms with Crippen LogP contribution in [-0.2, 0) is 0 Å². The molecule has 2 heterocycles. The summed E-state index contributed by atoms with van der Waals surface area (Å²) in [6.07, 6.45) is 7.46. The molecule has 82 valence electrons. The summed E-state index contributed by atoms with van der Waals surface area (Å²) in [6.45, 7) is 0. The van der Waals surface area contributed by atoms with Crippen LogP contribution in [0.1, 0.15) is 0 Å². The molecular formula is C10H8I2N4. The Hall–Kier alpha value is -0.640. The van der Waals surface area contributed by atoms with Crippen molar-refractivity contribution in [3.05, 3.63) is 49.1 Å². The van der Waals surface area contributed by atoms with Crippen LogP contribution in [0.15, 0.2) is 59.3 Å². The van der Waals surface area contributed by atoms with Crippen LogP contribution in [0.2, 0.25) is 0 Å². The number of hydrogen-bond donors (Lipinski definition) is 0. The molecule has 0 saturated carbocycles. The fraction of sp³-hybridized carbons (Fsp3) is 0. The van der Waals surface area contributed by atoms with Crippen molar-refractivity contribution in [3.63, 3.8) is 0 Å². The van der Waals surface area contributed by atoms with Crippen molar-refractivity contribution in [1.82, 2.24) is 4.98 Å². The molecule has 0 saturated heterocycles. The van der Waals surface area contributed by atoms with Crippen molar-refractivity contribution >= 4 is 30.0 Å². The molecular weight excluding hydrogens is 430 g/mol. The van der Waals surface area contributed by atoms with Crippen LogP contribution < -0.4 is 20.3 Å². The Bertz CT molecular complexity index is 470. The van der Waals surface area contributed by atoms with Gasteiger partial charge in [0.05, 0.1) is 0 Å². The fourth-order valence-corrected chi connectivity index (χ4v) is 3.23. The van der Waals surface area contributed by atoms with E-state index in [0.717, 1.165) is 11.4 Å². The second-order valence-corrected chi connectivity index (χ2v) is 6.80. The maximum absolute atomic E-state index is 4.15. The summed E-state index contributed by atoms with van der Waals surface area (Å²) < 4.78 is 2.17. The summed E-state index contributed by atoms with van der Waals surface area (Å²) in [5.74, 6) is 0. The Labute approximate surface area is 114 Å². The first-order valence-corrected chi connectivity index (χ1v) is 11.7. The number of azo groups is 1. The second-order valence-electron chi connectivity index (χ2n) is 2.87. The quantitative estimate of drug-likeness (QED) is 0.492. The molecule has 0 fully saturated rings. The van der Waals surface area contributed by atoms with Crippen molar-refractivity contribution in [1.29, 1.82) is 0 Å². The SMILES string of the molecule is I[I-][n+]1ccc(N=Nc2ccncc2)cc1. The Morgan fingerprint density at radius 2 is 1.56 bits per heavy atom. The molecule has 0 N–H and O–H groups in total. The van der Waals surface area contributed by atoms with Crippen LogP contribution in [0.3, 0.4) is 0 Å². The van der Waals surface area contributed by atoms with Crippen molar-refractivity contribution < 1.29 is 20.3 Å². The number of pyridine rings is 2. The molecule has 0 atom stereocenters. The van der Waals surface area contributed by atoms with Gasteiger partial charge in [0.2, 0.25) is 0 Å². The van der Waals surface area contributed by atoms with Gasteiger partial charge in [-0.25, -0.2) is 0 Å².